The molecule has 1 aliphatic rings. The zero-order valence-electron chi connectivity index (χ0n) is 8.75. The van der Waals surface area contributed by atoms with Gasteiger partial charge in [-0.2, -0.15) is 0 Å². The highest BCUT2D eigenvalue weighted by Crippen LogP contribution is 2.25. The standard InChI is InChI=1S/C10H19NO2/c1-8-4-6-9(7-5-8)13-10(12)11(2)3/h8-9H,4-7H2,1-3H3. The zero-order chi connectivity index (χ0) is 9.84. The van der Waals surface area contributed by atoms with Crippen LogP contribution >= 0.6 is 0 Å². The molecule has 0 unspecified atom stereocenters. The summed E-state index contributed by atoms with van der Waals surface area (Å²) in [5, 5.41) is 0. The van der Waals surface area contributed by atoms with E-state index in [9.17, 15) is 4.79 Å². The second-order valence-corrected chi connectivity index (χ2v) is 4.16. The van der Waals surface area contributed by atoms with Crippen molar-refractivity contribution in [2.24, 2.45) is 5.92 Å². The summed E-state index contributed by atoms with van der Waals surface area (Å²) in [6.07, 6.45) is 4.38. The summed E-state index contributed by atoms with van der Waals surface area (Å²) < 4.78 is 5.29. The lowest BCUT2D eigenvalue weighted by atomic mass is 9.89. The molecule has 0 atom stereocenters. The molecule has 0 aromatic rings. The Morgan fingerprint density at radius 3 is 2.23 bits per heavy atom. The molecule has 3 nitrogen and oxygen atoms in total. The molecule has 0 heterocycles. The van der Waals surface area contributed by atoms with Crippen LogP contribution in [-0.2, 0) is 4.74 Å². The second kappa shape index (κ2) is 4.49. The highest BCUT2D eigenvalue weighted by molar-refractivity contribution is 5.66. The Balaban J connectivity index is 2.26. The van der Waals surface area contributed by atoms with Gasteiger partial charge in [-0.25, -0.2) is 4.79 Å². The molecule has 0 aromatic heterocycles. The molecule has 13 heavy (non-hydrogen) atoms. The minimum atomic E-state index is -0.209. The number of hydrogen-bond donors (Lipinski definition) is 0. The van der Waals surface area contributed by atoms with Gasteiger partial charge in [0.05, 0.1) is 0 Å². The van der Waals surface area contributed by atoms with Crippen LogP contribution in [0, 0.1) is 5.92 Å². The van der Waals surface area contributed by atoms with Crippen LogP contribution < -0.4 is 0 Å². The first-order valence-electron chi connectivity index (χ1n) is 4.97. The number of carbonyl (C=O) groups excluding carboxylic acids is 1. The minimum absolute atomic E-state index is 0.158. The van der Waals surface area contributed by atoms with Gasteiger partial charge in [0.15, 0.2) is 0 Å². The van der Waals surface area contributed by atoms with Crippen molar-refractivity contribution in [3.8, 4) is 0 Å². The van der Waals surface area contributed by atoms with E-state index in [1.165, 1.54) is 17.7 Å². The molecule has 3 heteroatoms. The van der Waals surface area contributed by atoms with Gasteiger partial charge < -0.3 is 9.64 Å². The molecular formula is C10H19NO2. The second-order valence-electron chi connectivity index (χ2n) is 4.16. The SMILES string of the molecule is CC1CCC(OC(=O)N(C)C)CC1. The maximum absolute atomic E-state index is 11.2. The van der Waals surface area contributed by atoms with E-state index >= 15 is 0 Å². The molecule has 0 saturated heterocycles. The average molecular weight is 185 g/mol. The Labute approximate surface area is 80.1 Å². The summed E-state index contributed by atoms with van der Waals surface area (Å²) >= 11 is 0. The van der Waals surface area contributed by atoms with Gasteiger partial charge in [0.1, 0.15) is 6.10 Å². The minimum Gasteiger partial charge on any atom is -0.446 e. The van der Waals surface area contributed by atoms with Crippen molar-refractivity contribution < 1.29 is 9.53 Å². The lowest BCUT2D eigenvalue weighted by Crippen LogP contribution is -2.30. The van der Waals surface area contributed by atoms with E-state index in [1.54, 1.807) is 14.1 Å². The van der Waals surface area contributed by atoms with Crippen molar-refractivity contribution in [1.82, 2.24) is 4.90 Å². The Kier molecular flexibility index (Phi) is 3.58. The predicted molar refractivity (Wildman–Crippen MR) is 51.6 cm³/mol. The molecular weight excluding hydrogens is 166 g/mol. The predicted octanol–water partition coefficient (Wildman–Crippen LogP) is 2.26. The molecule has 1 amide bonds. The van der Waals surface area contributed by atoms with Crippen LogP contribution in [0.25, 0.3) is 0 Å². The summed E-state index contributed by atoms with van der Waals surface area (Å²) in [5.41, 5.74) is 0. The molecule has 76 valence electrons. The van der Waals surface area contributed by atoms with Crippen LogP contribution in [0.3, 0.4) is 0 Å². The number of hydrogen-bond acceptors (Lipinski definition) is 2. The van der Waals surface area contributed by atoms with Crippen LogP contribution in [0.1, 0.15) is 32.6 Å². The van der Waals surface area contributed by atoms with Crippen LogP contribution in [-0.4, -0.2) is 31.2 Å². The average Bonchev–Trinajstić information content (AvgIpc) is 2.08. The summed E-state index contributed by atoms with van der Waals surface area (Å²) in [6, 6.07) is 0. The van der Waals surface area contributed by atoms with Gasteiger partial charge in [-0.3, -0.25) is 0 Å². The van der Waals surface area contributed by atoms with Crippen molar-refractivity contribution in [2.45, 2.75) is 38.7 Å². The Morgan fingerprint density at radius 2 is 1.77 bits per heavy atom. The summed E-state index contributed by atoms with van der Waals surface area (Å²) in [6.45, 7) is 2.25. The van der Waals surface area contributed by atoms with Crippen LogP contribution in [0.2, 0.25) is 0 Å². The Morgan fingerprint density at radius 1 is 1.23 bits per heavy atom. The van der Waals surface area contributed by atoms with E-state index in [0.717, 1.165) is 18.8 Å². The van der Waals surface area contributed by atoms with E-state index < -0.39 is 0 Å². The maximum Gasteiger partial charge on any atom is 0.409 e. The van der Waals surface area contributed by atoms with Crippen molar-refractivity contribution in [2.75, 3.05) is 14.1 Å². The zero-order valence-corrected chi connectivity index (χ0v) is 8.75. The van der Waals surface area contributed by atoms with Crippen molar-refractivity contribution >= 4 is 6.09 Å². The first kappa shape index (κ1) is 10.4. The number of rotatable bonds is 1. The number of amides is 1. The fourth-order valence-electron chi connectivity index (χ4n) is 1.60. The van der Waals surface area contributed by atoms with E-state index in [0.29, 0.717) is 0 Å². The lowest BCUT2D eigenvalue weighted by molar-refractivity contribution is 0.0484. The third-order valence-corrected chi connectivity index (χ3v) is 2.60. The molecule has 0 aromatic carbocycles. The van der Waals surface area contributed by atoms with Gasteiger partial charge in [0, 0.05) is 14.1 Å². The molecule has 0 bridgehead atoms. The van der Waals surface area contributed by atoms with Gasteiger partial charge in [-0.05, 0) is 31.6 Å². The first-order chi connectivity index (χ1) is 6.09. The van der Waals surface area contributed by atoms with Gasteiger partial charge >= 0.3 is 6.09 Å². The van der Waals surface area contributed by atoms with E-state index in [2.05, 4.69) is 6.92 Å². The van der Waals surface area contributed by atoms with Crippen LogP contribution in [0.5, 0.6) is 0 Å². The monoisotopic (exact) mass is 185 g/mol. The molecule has 1 rings (SSSR count). The Hall–Kier alpha value is -0.730. The quantitative estimate of drug-likeness (QED) is 0.627. The summed E-state index contributed by atoms with van der Waals surface area (Å²) in [4.78, 5) is 12.7. The van der Waals surface area contributed by atoms with E-state index in [1.807, 2.05) is 0 Å². The van der Waals surface area contributed by atoms with Gasteiger partial charge in [-0.1, -0.05) is 6.92 Å². The van der Waals surface area contributed by atoms with Crippen molar-refractivity contribution in [1.29, 1.82) is 0 Å². The van der Waals surface area contributed by atoms with E-state index in [-0.39, 0.29) is 12.2 Å². The highest BCUT2D eigenvalue weighted by Gasteiger charge is 2.21. The molecule has 1 aliphatic carbocycles. The van der Waals surface area contributed by atoms with Crippen LogP contribution in [0.4, 0.5) is 4.79 Å². The largest absolute Gasteiger partial charge is 0.446 e. The van der Waals surface area contributed by atoms with E-state index in [4.69, 9.17) is 4.74 Å². The molecule has 0 radical (unpaired) electrons. The summed E-state index contributed by atoms with van der Waals surface area (Å²) in [7, 11) is 3.43. The molecule has 1 saturated carbocycles. The summed E-state index contributed by atoms with van der Waals surface area (Å²) in [5.74, 6) is 0.800. The fraction of sp³-hybridized carbons (Fsp3) is 0.900. The molecule has 1 fully saturated rings. The third kappa shape index (κ3) is 3.25. The van der Waals surface area contributed by atoms with Gasteiger partial charge in [-0.15, -0.1) is 0 Å². The smallest absolute Gasteiger partial charge is 0.409 e. The number of carbonyl (C=O) groups is 1. The van der Waals surface area contributed by atoms with Gasteiger partial charge in [0.25, 0.3) is 0 Å². The number of nitrogens with zero attached hydrogens (tertiary/aromatic N) is 1. The molecule has 0 spiro atoms. The third-order valence-electron chi connectivity index (χ3n) is 2.60. The lowest BCUT2D eigenvalue weighted by Gasteiger charge is -2.26. The first-order valence-corrected chi connectivity index (χ1v) is 4.97. The Bertz CT molecular complexity index is 172. The maximum atomic E-state index is 11.2. The van der Waals surface area contributed by atoms with Gasteiger partial charge in [0.2, 0.25) is 0 Å². The highest BCUT2D eigenvalue weighted by atomic mass is 16.6. The number of ether oxygens (including phenoxy) is 1. The van der Waals surface area contributed by atoms with Crippen LogP contribution in [0.15, 0.2) is 0 Å². The molecule has 0 N–H and O–H groups in total. The fourth-order valence-corrected chi connectivity index (χ4v) is 1.60. The normalized spacial score (nSPS) is 28.2. The topological polar surface area (TPSA) is 29.5 Å². The van der Waals surface area contributed by atoms with Crippen molar-refractivity contribution in [3.05, 3.63) is 0 Å². The molecule has 0 aliphatic heterocycles. The van der Waals surface area contributed by atoms with Crippen molar-refractivity contribution in [3.63, 3.8) is 0 Å².